The molecule has 0 unspecified atom stereocenters. The van der Waals surface area contributed by atoms with Crippen molar-refractivity contribution in [2.75, 3.05) is 11.5 Å². The third-order valence-corrected chi connectivity index (χ3v) is 3.91. The summed E-state index contributed by atoms with van der Waals surface area (Å²) in [7, 11) is 0. The van der Waals surface area contributed by atoms with E-state index < -0.39 is 0 Å². The largest absolute Gasteiger partial charge is 1.00 e. The second-order valence-corrected chi connectivity index (χ2v) is 5.65. The Kier molecular flexibility index (Phi) is 7.71. The predicted molar refractivity (Wildman–Crippen MR) is 107 cm³/mol. The van der Waals surface area contributed by atoms with Gasteiger partial charge in [0, 0.05) is 11.4 Å². The SMILES string of the molecule is CC1=CC(=C(c2ccc(N)cc2)c2ccc(N)cc2)C=CC1=N.Cl.[H-].[Na+]. The minimum atomic E-state index is 0. The summed E-state index contributed by atoms with van der Waals surface area (Å²) in [6.07, 6.45) is 5.86. The summed E-state index contributed by atoms with van der Waals surface area (Å²) in [4.78, 5) is 0. The number of anilines is 2. The molecule has 0 amide bonds. The predicted octanol–water partition coefficient (Wildman–Crippen LogP) is 1.73. The van der Waals surface area contributed by atoms with Crippen LogP contribution < -0.4 is 41.0 Å². The molecule has 0 fully saturated rings. The molecule has 3 rings (SSSR count). The minimum Gasteiger partial charge on any atom is -1.00 e. The van der Waals surface area contributed by atoms with E-state index in [0.717, 1.165) is 39.2 Å². The number of rotatable bonds is 2. The van der Waals surface area contributed by atoms with Crippen LogP contribution in [0.3, 0.4) is 0 Å². The number of halogens is 1. The Morgan fingerprint density at radius 2 is 1.28 bits per heavy atom. The van der Waals surface area contributed by atoms with Crippen molar-refractivity contribution in [2.24, 2.45) is 0 Å². The molecule has 0 aromatic heterocycles. The topological polar surface area (TPSA) is 75.9 Å². The van der Waals surface area contributed by atoms with Gasteiger partial charge >= 0.3 is 29.6 Å². The molecule has 25 heavy (non-hydrogen) atoms. The van der Waals surface area contributed by atoms with Gasteiger partial charge in [-0.25, -0.2) is 0 Å². The van der Waals surface area contributed by atoms with E-state index in [2.05, 4.69) is 0 Å². The molecule has 0 atom stereocenters. The average molecular weight is 362 g/mol. The fraction of sp³-hybridized carbons (Fsp3) is 0.0500. The molecule has 0 radical (unpaired) electrons. The summed E-state index contributed by atoms with van der Waals surface area (Å²) in [5.74, 6) is 0. The Morgan fingerprint density at radius 3 is 1.68 bits per heavy atom. The van der Waals surface area contributed by atoms with E-state index in [1.54, 1.807) is 0 Å². The first-order valence-corrected chi connectivity index (χ1v) is 7.46. The number of hydrogen-bond acceptors (Lipinski definition) is 3. The Morgan fingerprint density at radius 1 is 0.840 bits per heavy atom. The van der Waals surface area contributed by atoms with Crippen molar-refractivity contribution in [1.29, 1.82) is 5.41 Å². The molecular weight excluding hydrogens is 341 g/mol. The van der Waals surface area contributed by atoms with Crippen molar-refractivity contribution in [3.8, 4) is 0 Å². The van der Waals surface area contributed by atoms with Gasteiger partial charge < -0.3 is 18.3 Å². The summed E-state index contributed by atoms with van der Waals surface area (Å²) < 4.78 is 0. The van der Waals surface area contributed by atoms with Crippen molar-refractivity contribution in [3.63, 3.8) is 0 Å². The maximum absolute atomic E-state index is 7.88. The average Bonchev–Trinajstić information content (AvgIpc) is 2.55. The molecule has 3 nitrogen and oxygen atoms in total. The van der Waals surface area contributed by atoms with Gasteiger partial charge in [0.05, 0.1) is 5.71 Å². The molecule has 5 N–H and O–H groups in total. The van der Waals surface area contributed by atoms with E-state index in [0.29, 0.717) is 5.71 Å². The molecular formula is C20H21ClN3Na. The van der Waals surface area contributed by atoms with Crippen molar-refractivity contribution in [1.82, 2.24) is 0 Å². The smallest absolute Gasteiger partial charge is 1.00 e. The van der Waals surface area contributed by atoms with Gasteiger partial charge in [-0.1, -0.05) is 30.3 Å². The number of allylic oxidation sites excluding steroid dienone is 5. The van der Waals surface area contributed by atoms with E-state index >= 15 is 0 Å². The number of nitrogen functional groups attached to an aromatic ring is 2. The number of hydrogen-bond donors (Lipinski definition) is 3. The quantitative estimate of drug-likeness (QED) is 0.563. The van der Waals surface area contributed by atoms with Gasteiger partial charge in [0.15, 0.2) is 0 Å². The van der Waals surface area contributed by atoms with Crippen LogP contribution in [0.4, 0.5) is 11.4 Å². The summed E-state index contributed by atoms with van der Waals surface area (Å²) in [5, 5.41) is 7.88. The van der Waals surface area contributed by atoms with Crippen LogP contribution >= 0.6 is 12.4 Å². The van der Waals surface area contributed by atoms with E-state index in [-0.39, 0.29) is 43.4 Å². The zero-order chi connectivity index (χ0) is 16.4. The first-order chi connectivity index (χ1) is 11.0. The summed E-state index contributed by atoms with van der Waals surface area (Å²) in [5.41, 5.74) is 19.0. The third-order valence-electron chi connectivity index (χ3n) is 3.91. The minimum absolute atomic E-state index is 0. The van der Waals surface area contributed by atoms with Crippen LogP contribution in [0.15, 0.2) is 77.9 Å². The molecule has 124 valence electrons. The third kappa shape index (κ3) is 4.86. The van der Waals surface area contributed by atoms with Gasteiger partial charge in [0.25, 0.3) is 0 Å². The normalized spacial score (nSPS) is 12.8. The standard InChI is InChI=1S/C20H19N3.ClH.Na.H/c1-13-12-16(6-11-19(13)23)20(14-2-7-17(21)8-3-14)15-4-9-18(22)10-5-15;;;/h2-12,23H,21-22H2,1H3;1H;;/q;;+1;-1. The molecule has 0 bridgehead atoms. The zero-order valence-corrected chi connectivity index (χ0v) is 17.2. The molecule has 0 heterocycles. The van der Waals surface area contributed by atoms with Crippen molar-refractivity contribution >= 4 is 35.1 Å². The monoisotopic (exact) mass is 361 g/mol. The van der Waals surface area contributed by atoms with Gasteiger partial charge in [-0.2, -0.15) is 0 Å². The Labute approximate surface area is 178 Å². The Balaban J connectivity index is 0.00000208. The second kappa shape index (κ2) is 9.07. The van der Waals surface area contributed by atoms with Crippen molar-refractivity contribution < 1.29 is 31.0 Å². The van der Waals surface area contributed by atoms with E-state index in [9.17, 15) is 0 Å². The Hall–Kier alpha value is -1.78. The summed E-state index contributed by atoms with van der Waals surface area (Å²) in [6, 6.07) is 15.7. The van der Waals surface area contributed by atoms with Gasteiger partial charge in [-0.3, -0.25) is 0 Å². The summed E-state index contributed by atoms with van der Waals surface area (Å²) in [6.45, 7) is 1.95. The first kappa shape index (κ1) is 21.3. The van der Waals surface area contributed by atoms with E-state index in [1.807, 2.05) is 73.7 Å². The van der Waals surface area contributed by atoms with Crippen LogP contribution in [-0.4, -0.2) is 5.71 Å². The molecule has 0 aliphatic heterocycles. The second-order valence-electron chi connectivity index (χ2n) is 5.65. The van der Waals surface area contributed by atoms with Crippen LogP contribution in [0, 0.1) is 5.41 Å². The molecule has 1 aliphatic rings. The first-order valence-electron chi connectivity index (χ1n) is 7.46. The summed E-state index contributed by atoms with van der Waals surface area (Å²) >= 11 is 0. The van der Waals surface area contributed by atoms with Crippen molar-refractivity contribution in [3.05, 3.63) is 89.0 Å². The van der Waals surface area contributed by atoms with Gasteiger partial charge in [-0.05, 0) is 71.2 Å². The van der Waals surface area contributed by atoms with Crippen LogP contribution in [0.1, 0.15) is 19.5 Å². The van der Waals surface area contributed by atoms with Gasteiger partial charge in [-0.15, -0.1) is 12.4 Å². The fourth-order valence-corrected chi connectivity index (χ4v) is 2.62. The van der Waals surface area contributed by atoms with Crippen LogP contribution in [0.2, 0.25) is 0 Å². The zero-order valence-electron chi connectivity index (χ0n) is 15.4. The molecule has 2 aromatic carbocycles. The van der Waals surface area contributed by atoms with Crippen LogP contribution in [-0.2, 0) is 0 Å². The van der Waals surface area contributed by atoms with Gasteiger partial charge in [0.1, 0.15) is 0 Å². The fourth-order valence-electron chi connectivity index (χ4n) is 2.62. The van der Waals surface area contributed by atoms with E-state index in [4.69, 9.17) is 16.9 Å². The molecule has 5 heteroatoms. The molecule has 2 aromatic rings. The molecule has 0 saturated carbocycles. The van der Waals surface area contributed by atoms with E-state index in [1.165, 1.54) is 0 Å². The number of benzene rings is 2. The maximum Gasteiger partial charge on any atom is 1.00 e. The van der Waals surface area contributed by atoms with Crippen LogP contribution in [0.5, 0.6) is 0 Å². The molecule has 0 saturated heterocycles. The van der Waals surface area contributed by atoms with Crippen molar-refractivity contribution in [2.45, 2.75) is 6.92 Å². The Bertz CT molecular complexity index is 806. The number of nitrogens with two attached hydrogens (primary N) is 2. The maximum atomic E-state index is 7.88. The molecule has 0 spiro atoms. The van der Waals surface area contributed by atoms with Crippen LogP contribution in [0.25, 0.3) is 5.57 Å². The van der Waals surface area contributed by atoms with Gasteiger partial charge in [0.2, 0.25) is 0 Å². The number of nitrogens with one attached hydrogen (secondary N) is 1. The molecule has 1 aliphatic carbocycles.